The lowest BCUT2D eigenvalue weighted by atomic mass is 9.72. The van der Waals surface area contributed by atoms with E-state index in [1.807, 2.05) is 0 Å². The largest absolute Gasteiger partial charge is 0.314 e. The summed E-state index contributed by atoms with van der Waals surface area (Å²) in [6.45, 7) is 11.9. The second-order valence-corrected chi connectivity index (χ2v) is 7.97. The molecule has 1 aliphatic carbocycles. The van der Waals surface area contributed by atoms with Crippen LogP contribution in [0, 0.1) is 17.8 Å². The molecule has 2 aliphatic rings. The third-order valence-corrected chi connectivity index (χ3v) is 5.76. The molecule has 0 radical (unpaired) electrons. The average Bonchev–Trinajstić information content (AvgIpc) is 2.41. The number of nitrogens with zero attached hydrogens (tertiary/aromatic N) is 2. The van der Waals surface area contributed by atoms with E-state index in [0.29, 0.717) is 6.04 Å². The Morgan fingerprint density at radius 3 is 2.33 bits per heavy atom. The van der Waals surface area contributed by atoms with Crippen LogP contribution in [0.2, 0.25) is 0 Å². The van der Waals surface area contributed by atoms with Gasteiger partial charge in [0.1, 0.15) is 0 Å². The summed E-state index contributed by atoms with van der Waals surface area (Å²) >= 11 is 0. The molecule has 0 aromatic heterocycles. The van der Waals surface area contributed by atoms with Crippen molar-refractivity contribution in [3.63, 3.8) is 0 Å². The summed E-state index contributed by atoms with van der Waals surface area (Å²) in [6, 6.07) is 1.43. The normalized spacial score (nSPS) is 37.6. The summed E-state index contributed by atoms with van der Waals surface area (Å²) < 4.78 is 0. The minimum absolute atomic E-state index is 0.708. The molecular weight excluding hydrogens is 258 g/mol. The lowest BCUT2D eigenvalue weighted by Gasteiger charge is -2.43. The van der Waals surface area contributed by atoms with Gasteiger partial charge in [0.25, 0.3) is 0 Å². The fourth-order valence-corrected chi connectivity index (χ4v) is 4.69. The van der Waals surface area contributed by atoms with Gasteiger partial charge >= 0.3 is 0 Å². The first kappa shape index (κ1) is 17.2. The first-order valence-corrected chi connectivity index (χ1v) is 9.11. The van der Waals surface area contributed by atoms with Crippen molar-refractivity contribution in [2.24, 2.45) is 17.8 Å². The number of piperazine rings is 1. The predicted molar refractivity (Wildman–Crippen MR) is 91.7 cm³/mol. The zero-order valence-corrected chi connectivity index (χ0v) is 14.9. The quantitative estimate of drug-likeness (QED) is 0.841. The number of nitrogens with one attached hydrogen (secondary N) is 1. The third kappa shape index (κ3) is 4.94. The van der Waals surface area contributed by atoms with Crippen molar-refractivity contribution in [2.45, 2.75) is 58.5 Å². The molecule has 0 aromatic rings. The summed E-state index contributed by atoms with van der Waals surface area (Å²) in [7, 11) is 4.58. The van der Waals surface area contributed by atoms with Crippen molar-refractivity contribution < 1.29 is 0 Å². The van der Waals surface area contributed by atoms with Gasteiger partial charge in [-0.05, 0) is 64.1 Å². The topological polar surface area (TPSA) is 18.5 Å². The molecule has 124 valence electrons. The van der Waals surface area contributed by atoms with E-state index in [0.717, 1.165) is 30.3 Å². The van der Waals surface area contributed by atoms with Crippen LogP contribution >= 0.6 is 0 Å². The highest BCUT2D eigenvalue weighted by Crippen LogP contribution is 2.36. The Labute approximate surface area is 132 Å². The number of hydrogen-bond acceptors (Lipinski definition) is 3. The van der Waals surface area contributed by atoms with Crippen LogP contribution < -0.4 is 5.32 Å². The van der Waals surface area contributed by atoms with E-state index in [9.17, 15) is 0 Å². The van der Waals surface area contributed by atoms with Crippen molar-refractivity contribution in [1.29, 1.82) is 0 Å². The van der Waals surface area contributed by atoms with Crippen LogP contribution in [0.5, 0.6) is 0 Å². The first-order valence-electron chi connectivity index (χ1n) is 9.11. The van der Waals surface area contributed by atoms with Gasteiger partial charge in [-0.15, -0.1) is 0 Å². The van der Waals surface area contributed by atoms with Crippen molar-refractivity contribution in [1.82, 2.24) is 15.1 Å². The predicted octanol–water partition coefficient (Wildman–Crippen LogP) is 2.67. The highest BCUT2D eigenvalue weighted by molar-refractivity contribution is 4.89. The molecule has 3 heteroatoms. The molecule has 1 aliphatic heterocycles. The molecule has 2 fully saturated rings. The maximum atomic E-state index is 3.83. The fourth-order valence-electron chi connectivity index (χ4n) is 4.69. The third-order valence-electron chi connectivity index (χ3n) is 5.76. The van der Waals surface area contributed by atoms with Gasteiger partial charge in [0.15, 0.2) is 0 Å². The molecule has 2 rings (SSSR count). The summed E-state index contributed by atoms with van der Waals surface area (Å²) in [4.78, 5) is 5.08. The van der Waals surface area contributed by atoms with Crippen molar-refractivity contribution >= 4 is 0 Å². The van der Waals surface area contributed by atoms with Crippen LogP contribution in [0.3, 0.4) is 0 Å². The maximum absolute atomic E-state index is 3.83. The van der Waals surface area contributed by atoms with Crippen molar-refractivity contribution in [3.8, 4) is 0 Å². The van der Waals surface area contributed by atoms with Crippen LogP contribution in [0.1, 0.15) is 46.5 Å². The molecule has 4 atom stereocenters. The molecule has 1 saturated heterocycles. The van der Waals surface area contributed by atoms with Gasteiger partial charge in [-0.25, -0.2) is 0 Å². The molecule has 1 N–H and O–H groups in total. The van der Waals surface area contributed by atoms with E-state index < -0.39 is 0 Å². The molecular formula is C18H37N3. The van der Waals surface area contributed by atoms with Gasteiger partial charge in [0, 0.05) is 31.7 Å². The smallest absolute Gasteiger partial charge is 0.0235 e. The van der Waals surface area contributed by atoms with Gasteiger partial charge in [-0.2, -0.15) is 0 Å². The molecule has 1 heterocycles. The molecule has 0 amide bonds. The Bertz CT molecular complexity index is 297. The highest BCUT2D eigenvalue weighted by Gasteiger charge is 2.33. The molecule has 1 saturated carbocycles. The molecule has 0 bridgehead atoms. The molecule has 21 heavy (non-hydrogen) atoms. The second-order valence-electron chi connectivity index (χ2n) is 7.97. The minimum atomic E-state index is 0.708. The lowest BCUT2D eigenvalue weighted by Crippen LogP contribution is -2.53. The van der Waals surface area contributed by atoms with Gasteiger partial charge in [0.05, 0.1) is 0 Å². The average molecular weight is 296 g/mol. The zero-order chi connectivity index (χ0) is 15.4. The molecule has 3 nitrogen and oxygen atoms in total. The van der Waals surface area contributed by atoms with E-state index in [1.165, 1.54) is 45.3 Å². The van der Waals surface area contributed by atoms with Crippen LogP contribution in [-0.4, -0.2) is 62.2 Å². The Kier molecular flexibility index (Phi) is 6.51. The number of likely N-dealkylation sites (N-methyl/N-ethyl adjacent to an activating group) is 2. The van der Waals surface area contributed by atoms with E-state index in [2.05, 4.69) is 50.0 Å². The number of hydrogen-bond donors (Lipinski definition) is 1. The fraction of sp³-hybridized carbons (Fsp3) is 1.00. The van der Waals surface area contributed by atoms with Gasteiger partial charge in [-0.3, -0.25) is 0 Å². The van der Waals surface area contributed by atoms with Crippen LogP contribution in [0.25, 0.3) is 0 Å². The summed E-state index contributed by atoms with van der Waals surface area (Å²) in [5, 5.41) is 3.83. The summed E-state index contributed by atoms with van der Waals surface area (Å²) in [5.74, 6) is 2.70. The van der Waals surface area contributed by atoms with E-state index >= 15 is 0 Å². The Morgan fingerprint density at radius 1 is 1.05 bits per heavy atom. The monoisotopic (exact) mass is 295 g/mol. The number of rotatable bonds is 5. The molecule has 4 unspecified atom stereocenters. The van der Waals surface area contributed by atoms with E-state index in [1.54, 1.807) is 0 Å². The standard InChI is InChI=1S/C18H37N3/c1-6-19-18(16-10-14(2)9-15(3)11-16)12-17-13-20(4)7-8-21(17)5/h14-19H,6-13H2,1-5H3. The SMILES string of the molecule is CCNC(CC1CN(C)CCN1C)C1CC(C)CC(C)C1. The van der Waals surface area contributed by atoms with Crippen LogP contribution in [0.15, 0.2) is 0 Å². The Morgan fingerprint density at radius 2 is 1.71 bits per heavy atom. The van der Waals surface area contributed by atoms with E-state index in [-0.39, 0.29) is 0 Å². The summed E-state index contributed by atoms with van der Waals surface area (Å²) in [5.41, 5.74) is 0. The summed E-state index contributed by atoms with van der Waals surface area (Å²) in [6.07, 6.45) is 5.60. The second kappa shape index (κ2) is 7.94. The Hall–Kier alpha value is -0.120. The Balaban J connectivity index is 1.97. The van der Waals surface area contributed by atoms with E-state index in [4.69, 9.17) is 0 Å². The molecule has 0 aromatic carbocycles. The zero-order valence-electron chi connectivity index (χ0n) is 14.9. The highest BCUT2D eigenvalue weighted by atomic mass is 15.3. The minimum Gasteiger partial charge on any atom is -0.314 e. The lowest BCUT2D eigenvalue weighted by molar-refractivity contribution is 0.0834. The van der Waals surface area contributed by atoms with Crippen molar-refractivity contribution in [3.05, 3.63) is 0 Å². The van der Waals surface area contributed by atoms with Crippen LogP contribution in [0.4, 0.5) is 0 Å². The van der Waals surface area contributed by atoms with Crippen LogP contribution in [-0.2, 0) is 0 Å². The van der Waals surface area contributed by atoms with Gasteiger partial charge in [-0.1, -0.05) is 20.8 Å². The first-order chi connectivity index (χ1) is 9.99. The van der Waals surface area contributed by atoms with Crippen molar-refractivity contribution in [2.75, 3.05) is 40.3 Å². The maximum Gasteiger partial charge on any atom is 0.0235 e. The van der Waals surface area contributed by atoms with Gasteiger partial charge < -0.3 is 15.1 Å². The molecule has 0 spiro atoms. The van der Waals surface area contributed by atoms with Gasteiger partial charge in [0.2, 0.25) is 0 Å².